The Hall–Kier alpha value is -2.24. The molecule has 0 unspecified atom stereocenters. The van der Waals surface area contributed by atoms with E-state index in [9.17, 15) is 9.59 Å². The summed E-state index contributed by atoms with van der Waals surface area (Å²) in [6.45, 7) is 7.73. The van der Waals surface area contributed by atoms with E-state index in [1.807, 2.05) is 52.0 Å². The van der Waals surface area contributed by atoms with Gasteiger partial charge in [0.15, 0.2) is 6.61 Å². The van der Waals surface area contributed by atoms with E-state index in [1.165, 1.54) is 0 Å². The standard InChI is InChI=1S/C23H28Cl2N2O3/c1-5-20(23(29)26-15(2)3)27(13-17-9-7-6-8-16(17)4)22(28)14-30-21-11-10-18(24)12-19(21)25/h6-12,15,20H,5,13-14H2,1-4H3,(H,26,29)/t20-/m1/s1. The van der Waals surface area contributed by atoms with Gasteiger partial charge in [0.25, 0.3) is 5.91 Å². The number of nitrogens with one attached hydrogen (secondary N) is 1. The molecule has 1 N–H and O–H groups in total. The Morgan fingerprint density at radius 1 is 1.13 bits per heavy atom. The molecular weight excluding hydrogens is 423 g/mol. The van der Waals surface area contributed by atoms with Crippen LogP contribution in [0.2, 0.25) is 10.0 Å². The Morgan fingerprint density at radius 2 is 1.83 bits per heavy atom. The molecule has 0 saturated carbocycles. The summed E-state index contributed by atoms with van der Waals surface area (Å²) in [7, 11) is 0. The Balaban J connectivity index is 2.25. The molecule has 162 valence electrons. The first kappa shape index (κ1) is 24.0. The maximum atomic E-state index is 13.2. The third-order valence-electron chi connectivity index (χ3n) is 4.66. The summed E-state index contributed by atoms with van der Waals surface area (Å²) in [5, 5.41) is 3.72. The Labute approximate surface area is 188 Å². The van der Waals surface area contributed by atoms with Crippen LogP contribution in [0.5, 0.6) is 5.75 Å². The van der Waals surface area contributed by atoms with Crippen molar-refractivity contribution in [3.63, 3.8) is 0 Å². The zero-order valence-electron chi connectivity index (χ0n) is 17.7. The Kier molecular flexibility index (Phi) is 9.00. The molecule has 0 aliphatic heterocycles. The van der Waals surface area contributed by atoms with Crippen molar-refractivity contribution in [2.75, 3.05) is 6.61 Å². The molecular formula is C23H28Cl2N2O3. The first-order valence-corrected chi connectivity index (χ1v) is 10.7. The molecule has 7 heteroatoms. The molecule has 30 heavy (non-hydrogen) atoms. The van der Waals surface area contributed by atoms with Crippen molar-refractivity contribution in [2.24, 2.45) is 0 Å². The Morgan fingerprint density at radius 3 is 2.43 bits per heavy atom. The van der Waals surface area contributed by atoms with E-state index >= 15 is 0 Å². The molecule has 0 heterocycles. The molecule has 0 spiro atoms. The maximum Gasteiger partial charge on any atom is 0.261 e. The second-order valence-electron chi connectivity index (χ2n) is 7.40. The summed E-state index contributed by atoms with van der Waals surface area (Å²) in [6.07, 6.45) is 0.484. The number of hydrogen-bond acceptors (Lipinski definition) is 3. The normalized spacial score (nSPS) is 11.8. The summed E-state index contributed by atoms with van der Waals surface area (Å²) in [5.74, 6) is -0.112. The largest absolute Gasteiger partial charge is 0.482 e. The number of rotatable bonds is 9. The van der Waals surface area contributed by atoms with Gasteiger partial charge < -0.3 is 15.0 Å². The van der Waals surface area contributed by atoms with Gasteiger partial charge in [-0.15, -0.1) is 0 Å². The molecule has 0 bridgehead atoms. The van der Waals surface area contributed by atoms with Gasteiger partial charge in [-0.05, 0) is 56.5 Å². The van der Waals surface area contributed by atoms with Gasteiger partial charge in [0.1, 0.15) is 11.8 Å². The van der Waals surface area contributed by atoms with Crippen LogP contribution >= 0.6 is 23.2 Å². The van der Waals surface area contributed by atoms with Crippen LogP contribution in [0.1, 0.15) is 38.3 Å². The van der Waals surface area contributed by atoms with Crippen molar-refractivity contribution in [2.45, 2.75) is 52.7 Å². The Bertz CT molecular complexity index is 887. The minimum absolute atomic E-state index is 0.0221. The van der Waals surface area contributed by atoms with E-state index < -0.39 is 6.04 Å². The van der Waals surface area contributed by atoms with Crippen LogP contribution in [-0.4, -0.2) is 35.4 Å². The van der Waals surface area contributed by atoms with Gasteiger partial charge in [0.2, 0.25) is 5.91 Å². The lowest BCUT2D eigenvalue weighted by Gasteiger charge is -2.31. The zero-order chi connectivity index (χ0) is 22.3. The lowest BCUT2D eigenvalue weighted by molar-refractivity contribution is -0.143. The molecule has 2 rings (SSSR count). The topological polar surface area (TPSA) is 58.6 Å². The van der Waals surface area contributed by atoms with Crippen LogP contribution in [0.25, 0.3) is 0 Å². The molecule has 1 atom stereocenters. The number of ether oxygens (including phenoxy) is 1. The van der Waals surface area contributed by atoms with Crippen LogP contribution < -0.4 is 10.1 Å². The van der Waals surface area contributed by atoms with Crippen LogP contribution in [0, 0.1) is 6.92 Å². The average molecular weight is 451 g/mol. The number of hydrogen-bond donors (Lipinski definition) is 1. The quantitative estimate of drug-likeness (QED) is 0.583. The van der Waals surface area contributed by atoms with Crippen molar-refractivity contribution in [1.82, 2.24) is 10.2 Å². The van der Waals surface area contributed by atoms with Gasteiger partial charge in [-0.2, -0.15) is 0 Å². The van der Waals surface area contributed by atoms with E-state index in [4.69, 9.17) is 27.9 Å². The molecule has 0 aliphatic rings. The van der Waals surface area contributed by atoms with Gasteiger partial charge in [0, 0.05) is 17.6 Å². The van der Waals surface area contributed by atoms with Gasteiger partial charge in [0.05, 0.1) is 5.02 Å². The van der Waals surface area contributed by atoms with Crippen molar-refractivity contribution in [1.29, 1.82) is 0 Å². The summed E-state index contributed by atoms with van der Waals surface area (Å²) in [4.78, 5) is 27.5. The van der Waals surface area contributed by atoms with Crippen molar-refractivity contribution < 1.29 is 14.3 Å². The number of aryl methyl sites for hydroxylation is 1. The highest BCUT2D eigenvalue weighted by Gasteiger charge is 2.29. The predicted molar refractivity (Wildman–Crippen MR) is 121 cm³/mol. The van der Waals surface area contributed by atoms with E-state index in [0.29, 0.717) is 28.8 Å². The fourth-order valence-electron chi connectivity index (χ4n) is 3.09. The minimum atomic E-state index is -0.608. The van der Waals surface area contributed by atoms with E-state index in [0.717, 1.165) is 11.1 Å². The lowest BCUT2D eigenvalue weighted by atomic mass is 10.1. The fourth-order valence-corrected chi connectivity index (χ4v) is 3.55. The number of halogens is 2. The predicted octanol–water partition coefficient (Wildman–Crippen LogP) is 5.01. The summed E-state index contributed by atoms with van der Waals surface area (Å²) in [5.41, 5.74) is 2.03. The maximum absolute atomic E-state index is 13.2. The van der Waals surface area contributed by atoms with E-state index in [-0.39, 0.29) is 24.5 Å². The highest BCUT2D eigenvalue weighted by Crippen LogP contribution is 2.27. The zero-order valence-corrected chi connectivity index (χ0v) is 19.3. The fraction of sp³-hybridized carbons (Fsp3) is 0.391. The summed E-state index contributed by atoms with van der Waals surface area (Å²) in [6, 6.07) is 12.0. The molecule has 0 saturated heterocycles. The highest BCUT2D eigenvalue weighted by atomic mass is 35.5. The molecule has 2 aromatic carbocycles. The van der Waals surface area contributed by atoms with Gasteiger partial charge >= 0.3 is 0 Å². The van der Waals surface area contributed by atoms with E-state index in [1.54, 1.807) is 23.1 Å². The number of carbonyl (C=O) groups is 2. The SMILES string of the molecule is CC[C@H](C(=O)NC(C)C)N(Cc1ccccc1C)C(=O)COc1ccc(Cl)cc1Cl. The number of nitrogens with zero attached hydrogens (tertiary/aromatic N) is 1. The first-order chi connectivity index (χ1) is 14.2. The van der Waals surface area contributed by atoms with Gasteiger partial charge in [-0.1, -0.05) is 54.4 Å². The monoisotopic (exact) mass is 450 g/mol. The summed E-state index contributed by atoms with van der Waals surface area (Å²) < 4.78 is 5.64. The molecule has 0 radical (unpaired) electrons. The van der Waals surface area contributed by atoms with Crippen LogP contribution in [0.15, 0.2) is 42.5 Å². The van der Waals surface area contributed by atoms with Crippen LogP contribution in [-0.2, 0) is 16.1 Å². The van der Waals surface area contributed by atoms with Gasteiger partial charge in [-0.3, -0.25) is 9.59 Å². The lowest BCUT2D eigenvalue weighted by Crippen LogP contribution is -2.51. The number of benzene rings is 2. The van der Waals surface area contributed by atoms with Crippen molar-refractivity contribution in [3.05, 3.63) is 63.6 Å². The molecule has 5 nitrogen and oxygen atoms in total. The van der Waals surface area contributed by atoms with Crippen LogP contribution in [0.3, 0.4) is 0 Å². The third kappa shape index (κ3) is 6.64. The third-order valence-corrected chi connectivity index (χ3v) is 5.19. The molecule has 0 aromatic heterocycles. The number of carbonyl (C=O) groups excluding carboxylic acids is 2. The second kappa shape index (κ2) is 11.2. The van der Waals surface area contributed by atoms with E-state index in [2.05, 4.69) is 5.32 Å². The van der Waals surface area contributed by atoms with Gasteiger partial charge in [-0.25, -0.2) is 0 Å². The molecule has 0 aliphatic carbocycles. The molecule has 2 amide bonds. The smallest absolute Gasteiger partial charge is 0.261 e. The minimum Gasteiger partial charge on any atom is -0.482 e. The van der Waals surface area contributed by atoms with Crippen LogP contribution in [0.4, 0.5) is 0 Å². The highest BCUT2D eigenvalue weighted by molar-refractivity contribution is 6.35. The van der Waals surface area contributed by atoms with Crippen molar-refractivity contribution >= 4 is 35.0 Å². The number of amides is 2. The van der Waals surface area contributed by atoms with Crippen molar-refractivity contribution in [3.8, 4) is 5.75 Å². The average Bonchev–Trinajstić information content (AvgIpc) is 2.67. The second-order valence-corrected chi connectivity index (χ2v) is 8.24. The molecule has 2 aromatic rings. The molecule has 0 fully saturated rings. The first-order valence-electron chi connectivity index (χ1n) is 9.95. The summed E-state index contributed by atoms with van der Waals surface area (Å²) >= 11 is 12.1.